The van der Waals surface area contributed by atoms with Gasteiger partial charge in [0.25, 0.3) is 11.8 Å². The Labute approximate surface area is 205 Å². The van der Waals surface area contributed by atoms with Gasteiger partial charge < -0.3 is 9.80 Å². The van der Waals surface area contributed by atoms with Crippen molar-refractivity contribution in [3.63, 3.8) is 0 Å². The average Bonchev–Trinajstić information content (AvgIpc) is 3.52. The molecule has 5 heterocycles. The first kappa shape index (κ1) is 22.1. The van der Waals surface area contributed by atoms with Crippen molar-refractivity contribution in [2.24, 2.45) is 7.05 Å². The first-order chi connectivity index (χ1) is 17.4. The minimum Gasteiger partial charge on any atom is -0.331 e. The normalized spacial score (nSPS) is 19.7. The fourth-order valence-corrected chi connectivity index (χ4v) is 5.15. The van der Waals surface area contributed by atoms with Crippen LogP contribution in [0.2, 0.25) is 0 Å². The Morgan fingerprint density at radius 2 is 1.97 bits per heavy atom. The minimum atomic E-state index is -0.671. The molecule has 0 aliphatic carbocycles. The van der Waals surface area contributed by atoms with Crippen LogP contribution in [0, 0.1) is 0 Å². The van der Waals surface area contributed by atoms with E-state index in [9.17, 15) is 19.2 Å². The zero-order valence-corrected chi connectivity index (χ0v) is 19.7. The highest BCUT2D eigenvalue weighted by molar-refractivity contribution is 6.05. The number of hydrogen-bond acceptors (Lipinski definition) is 7. The standard InChI is InChI=1S/C24H24N8O4/c1-29-20-13-30(8-2-3-14(20)10-25-29)24(36)18-12-32(28-27-18)16-5-4-15-11-31(23(35)17(15)9-16)19-6-7-21(33)26-22(19)34/h4-5,9-10,12,19H,2-3,6-8,11,13H2,1H3,(H,26,33,34). The highest BCUT2D eigenvalue weighted by atomic mass is 16.2. The molecular formula is C24H24N8O4. The van der Waals surface area contributed by atoms with E-state index in [0.29, 0.717) is 37.3 Å². The van der Waals surface area contributed by atoms with E-state index in [1.807, 2.05) is 19.3 Å². The van der Waals surface area contributed by atoms with Gasteiger partial charge in [-0.1, -0.05) is 11.3 Å². The molecule has 1 unspecified atom stereocenters. The molecule has 36 heavy (non-hydrogen) atoms. The molecule has 1 saturated heterocycles. The molecule has 3 aliphatic rings. The number of aryl methyl sites for hydroxylation is 2. The Bertz CT molecular complexity index is 1420. The number of carbonyl (C=O) groups is 4. The predicted octanol–water partition coefficient (Wildman–Crippen LogP) is 0.350. The monoisotopic (exact) mass is 488 g/mol. The van der Waals surface area contributed by atoms with E-state index in [1.54, 1.807) is 27.9 Å². The molecule has 1 fully saturated rings. The molecule has 2 aromatic heterocycles. The lowest BCUT2D eigenvalue weighted by Gasteiger charge is -2.29. The minimum absolute atomic E-state index is 0.205. The van der Waals surface area contributed by atoms with Crippen molar-refractivity contribution in [1.82, 2.24) is 39.9 Å². The van der Waals surface area contributed by atoms with Gasteiger partial charge in [0.2, 0.25) is 11.8 Å². The summed E-state index contributed by atoms with van der Waals surface area (Å²) in [6.07, 6.45) is 5.65. The lowest BCUT2D eigenvalue weighted by atomic mass is 10.0. The fraction of sp³-hybridized carbons (Fsp3) is 0.375. The molecule has 3 aromatic rings. The van der Waals surface area contributed by atoms with Crippen LogP contribution in [-0.2, 0) is 36.1 Å². The number of hydrogen-bond donors (Lipinski definition) is 1. The van der Waals surface area contributed by atoms with E-state index < -0.39 is 11.9 Å². The number of piperidine rings is 1. The maximum absolute atomic E-state index is 13.2. The van der Waals surface area contributed by atoms with E-state index in [0.717, 1.165) is 29.7 Å². The first-order valence-electron chi connectivity index (χ1n) is 11.9. The van der Waals surface area contributed by atoms with Gasteiger partial charge in [-0.25, -0.2) is 4.68 Å². The number of aromatic nitrogens is 5. The molecule has 1 atom stereocenters. The third-order valence-electron chi connectivity index (χ3n) is 7.14. The van der Waals surface area contributed by atoms with Crippen LogP contribution in [0.4, 0.5) is 0 Å². The van der Waals surface area contributed by atoms with Gasteiger partial charge in [-0.05, 0) is 42.5 Å². The maximum atomic E-state index is 13.2. The molecule has 0 bridgehead atoms. The molecule has 1 N–H and O–H groups in total. The highest BCUT2D eigenvalue weighted by Gasteiger charge is 2.39. The summed E-state index contributed by atoms with van der Waals surface area (Å²) in [5.74, 6) is -1.25. The number of carbonyl (C=O) groups excluding carboxylic acids is 4. The van der Waals surface area contributed by atoms with Crippen molar-refractivity contribution in [1.29, 1.82) is 0 Å². The van der Waals surface area contributed by atoms with Crippen molar-refractivity contribution in [3.05, 3.63) is 58.7 Å². The van der Waals surface area contributed by atoms with Crippen LogP contribution in [0.1, 0.15) is 56.9 Å². The van der Waals surface area contributed by atoms with E-state index in [2.05, 4.69) is 20.7 Å². The van der Waals surface area contributed by atoms with Gasteiger partial charge in [-0.3, -0.25) is 29.2 Å². The van der Waals surface area contributed by atoms with Crippen molar-refractivity contribution in [3.8, 4) is 5.69 Å². The summed E-state index contributed by atoms with van der Waals surface area (Å²) < 4.78 is 3.28. The Kier molecular flexibility index (Phi) is 5.16. The lowest BCUT2D eigenvalue weighted by molar-refractivity contribution is -0.136. The molecule has 12 nitrogen and oxygen atoms in total. The second-order valence-corrected chi connectivity index (χ2v) is 9.36. The summed E-state index contributed by atoms with van der Waals surface area (Å²) in [6.45, 7) is 1.37. The maximum Gasteiger partial charge on any atom is 0.276 e. The van der Waals surface area contributed by atoms with Gasteiger partial charge in [0.1, 0.15) is 6.04 Å². The van der Waals surface area contributed by atoms with Crippen molar-refractivity contribution in [2.45, 2.75) is 44.8 Å². The van der Waals surface area contributed by atoms with E-state index in [1.165, 1.54) is 9.58 Å². The Balaban J connectivity index is 1.21. The van der Waals surface area contributed by atoms with Crippen LogP contribution in [0.15, 0.2) is 30.6 Å². The topological polar surface area (TPSA) is 135 Å². The molecule has 1 aromatic carbocycles. The SMILES string of the molecule is Cn1ncc2c1CN(C(=O)c1cn(-c3ccc4c(c3)C(=O)N(C3CCC(=O)NC3=O)C4)nn1)CCC2. The largest absolute Gasteiger partial charge is 0.331 e. The molecule has 0 radical (unpaired) electrons. The number of imide groups is 1. The zero-order valence-electron chi connectivity index (χ0n) is 19.7. The lowest BCUT2D eigenvalue weighted by Crippen LogP contribution is -2.52. The Morgan fingerprint density at radius 1 is 1.11 bits per heavy atom. The van der Waals surface area contributed by atoms with Crippen LogP contribution >= 0.6 is 0 Å². The first-order valence-corrected chi connectivity index (χ1v) is 11.9. The fourth-order valence-electron chi connectivity index (χ4n) is 5.15. The summed E-state index contributed by atoms with van der Waals surface area (Å²) in [6, 6.07) is 4.64. The number of rotatable bonds is 3. The molecule has 3 aliphatic heterocycles. The van der Waals surface area contributed by atoms with Gasteiger partial charge in [-0.2, -0.15) is 5.10 Å². The van der Waals surface area contributed by atoms with Crippen molar-refractivity contribution in [2.75, 3.05) is 6.54 Å². The quantitative estimate of drug-likeness (QED) is 0.526. The van der Waals surface area contributed by atoms with Crippen molar-refractivity contribution >= 4 is 23.6 Å². The second-order valence-electron chi connectivity index (χ2n) is 9.36. The number of amides is 4. The van der Waals surface area contributed by atoms with Crippen LogP contribution < -0.4 is 5.32 Å². The predicted molar refractivity (Wildman–Crippen MR) is 124 cm³/mol. The average molecular weight is 489 g/mol. The smallest absolute Gasteiger partial charge is 0.276 e. The van der Waals surface area contributed by atoms with Crippen LogP contribution in [-0.4, -0.2) is 70.8 Å². The van der Waals surface area contributed by atoms with Crippen molar-refractivity contribution < 1.29 is 19.2 Å². The van der Waals surface area contributed by atoms with Gasteiger partial charge in [0, 0.05) is 32.1 Å². The van der Waals surface area contributed by atoms with E-state index >= 15 is 0 Å². The van der Waals surface area contributed by atoms with Gasteiger partial charge in [0.15, 0.2) is 5.69 Å². The van der Waals surface area contributed by atoms with Gasteiger partial charge in [-0.15, -0.1) is 5.10 Å². The van der Waals surface area contributed by atoms with E-state index in [-0.39, 0.29) is 29.8 Å². The Morgan fingerprint density at radius 3 is 2.81 bits per heavy atom. The molecule has 184 valence electrons. The summed E-state index contributed by atoms with van der Waals surface area (Å²) in [7, 11) is 1.87. The third kappa shape index (κ3) is 3.65. The highest BCUT2D eigenvalue weighted by Crippen LogP contribution is 2.29. The second kappa shape index (κ2) is 8.40. The number of benzene rings is 1. The Hall–Kier alpha value is -4.35. The molecular weight excluding hydrogens is 464 g/mol. The van der Waals surface area contributed by atoms with Gasteiger partial charge in [0.05, 0.1) is 30.3 Å². The number of nitrogens with one attached hydrogen (secondary N) is 1. The van der Waals surface area contributed by atoms with Crippen LogP contribution in [0.5, 0.6) is 0 Å². The summed E-state index contributed by atoms with van der Waals surface area (Å²) >= 11 is 0. The molecule has 0 saturated carbocycles. The third-order valence-corrected chi connectivity index (χ3v) is 7.14. The molecule has 0 spiro atoms. The number of fused-ring (bicyclic) bond motifs is 2. The molecule has 6 rings (SSSR count). The van der Waals surface area contributed by atoms with E-state index in [4.69, 9.17) is 0 Å². The molecule has 12 heteroatoms. The number of nitrogens with zero attached hydrogens (tertiary/aromatic N) is 7. The van der Waals surface area contributed by atoms with Crippen LogP contribution in [0.25, 0.3) is 5.69 Å². The summed E-state index contributed by atoms with van der Waals surface area (Å²) in [5.41, 5.74) is 4.25. The zero-order chi connectivity index (χ0) is 25.0. The summed E-state index contributed by atoms with van der Waals surface area (Å²) in [4.78, 5) is 53.3. The van der Waals surface area contributed by atoms with Gasteiger partial charge >= 0.3 is 0 Å². The van der Waals surface area contributed by atoms with Crippen LogP contribution in [0.3, 0.4) is 0 Å². The molecule has 4 amide bonds. The summed E-state index contributed by atoms with van der Waals surface area (Å²) in [5, 5.41) is 14.8.